The van der Waals surface area contributed by atoms with Gasteiger partial charge < -0.3 is 15.5 Å². The second kappa shape index (κ2) is 11.5. The Kier molecular flexibility index (Phi) is 7.07. The van der Waals surface area contributed by atoms with Gasteiger partial charge in [0.15, 0.2) is 4.96 Å². The van der Waals surface area contributed by atoms with Crippen molar-refractivity contribution in [2.24, 2.45) is 0 Å². The maximum absolute atomic E-state index is 12.8. The Hall–Kier alpha value is -5.02. The van der Waals surface area contributed by atoms with E-state index in [4.69, 9.17) is 9.97 Å². The average Bonchev–Trinajstić information content (AvgIpc) is 3.65. The predicted molar refractivity (Wildman–Crippen MR) is 170 cm³/mol. The lowest BCUT2D eigenvalue weighted by molar-refractivity contribution is 0.102. The van der Waals surface area contributed by atoms with Crippen LogP contribution in [0.15, 0.2) is 103 Å². The Labute approximate surface area is 247 Å². The number of carbonyl (C=O) groups excluding carboxylic acids is 1. The highest BCUT2D eigenvalue weighted by Gasteiger charge is 2.19. The van der Waals surface area contributed by atoms with Gasteiger partial charge in [-0.15, -0.1) is 11.3 Å². The summed E-state index contributed by atoms with van der Waals surface area (Å²) in [4.78, 5) is 30.4. The van der Waals surface area contributed by atoms with Crippen LogP contribution in [0.4, 0.5) is 23.0 Å². The van der Waals surface area contributed by atoms with Gasteiger partial charge in [0, 0.05) is 59.1 Å². The minimum absolute atomic E-state index is 0.158. The van der Waals surface area contributed by atoms with Crippen molar-refractivity contribution in [3.63, 3.8) is 0 Å². The predicted octanol–water partition coefficient (Wildman–Crippen LogP) is 7.51. The number of amides is 1. The summed E-state index contributed by atoms with van der Waals surface area (Å²) in [7, 11) is 0. The summed E-state index contributed by atoms with van der Waals surface area (Å²) >= 11 is 1.56. The molecule has 1 aliphatic rings. The van der Waals surface area contributed by atoms with Gasteiger partial charge in [-0.1, -0.05) is 30.3 Å². The smallest absolute Gasteiger partial charge is 0.255 e. The molecule has 0 atom stereocenters. The van der Waals surface area contributed by atoms with Crippen molar-refractivity contribution in [3.05, 3.63) is 108 Å². The zero-order valence-electron chi connectivity index (χ0n) is 22.9. The molecule has 0 saturated carbocycles. The van der Waals surface area contributed by atoms with E-state index in [2.05, 4.69) is 49.2 Å². The van der Waals surface area contributed by atoms with Gasteiger partial charge in [-0.25, -0.2) is 15.0 Å². The van der Waals surface area contributed by atoms with E-state index in [1.807, 2.05) is 60.1 Å². The zero-order chi connectivity index (χ0) is 28.3. The zero-order valence-corrected chi connectivity index (χ0v) is 23.7. The van der Waals surface area contributed by atoms with Crippen LogP contribution in [0.5, 0.6) is 0 Å². The minimum Gasteiger partial charge on any atom is -0.372 e. The molecule has 0 spiro atoms. The van der Waals surface area contributed by atoms with E-state index in [1.165, 1.54) is 24.9 Å². The lowest BCUT2D eigenvalue weighted by Crippen LogP contribution is -2.29. The molecule has 7 rings (SSSR count). The van der Waals surface area contributed by atoms with E-state index in [1.54, 1.807) is 29.7 Å². The number of anilines is 4. The molecule has 0 aliphatic carbocycles. The van der Waals surface area contributed by atoms with E-state index in [0.29, 0.717) is 17.2 Å². The molecule has 0 unspecified atom stereocenters. The fourth-order valence-corrected chi connectivity index (χ4v) is 6.07. The fourth-order valence-electron chi connectivity index (χ4n) is 5.36. The molecule has 0 radical (unpaired) electrons. The number of nitrogens with one attached hydrogen (secondary N) is 2. The number of carbonyl (C=O) groups is 1. The molecule has 9 heteroatoms. The maximum atomic E-state index is 12.8. The molecular weight excluding hydrogens is 542 g/mol. The topological polar surface area (TPSA) is 87.5 Å². The highest BCUT2D eigenvalue weighted by atomic mass is 32.1. The number of imidazole rings is 1. The molecular formula is C33H29N7OS. The van der Waals surface area contributed by atoms with Crippen LogP contribution >= 0.6 is 11.3 Å². The van der Waals surface area contributed by atoms with Crippen LogP contribution < -0.4 is 15.5 Å². The first-order valence-corrected chi connectivity index (χ1v) is 15.0. The molecule has 1 aliphatic heterocycles. The molecule has 4 heterocycles. The van der Waals surface area contributed by atoms with Gasteiger partial charge in [0.1, 0.15) is 5.69 Å². The highest BCUT2D eigenvalue weighted by Crippen LogP contribution is 2.35. The van der Waals surface area contributed by atoms with Gasteiger partial charge in [-0.3, -0.25) is 9.20 Å². The van der Waals surface area contributed by atoms with Gasteiger partial charge in [0.25, 0.3) is 5.91 Å². The van der Waals surface area contributed by atoms with E-state index in [-0.39, 0.29) is 5.91 Å². The molecule has 8 nitrogen and oxygen atoms in total. The molecule has 1 amide bonds. The van der Waals surface area contributed by atoms with Crippen molar-refractivity contribution < 1.29 is 4.79 Å². The van der Waals surface area contributed by atoms with E-state index >= 15 is 0 Å². The van der Waals surface area contributed by atoms with Crippen LogP contribution in [0.2, 0.25) is 0 Å². The van der Waals surface area contributed by atoms with Crippen molar-refractivity contribution in [1.29, 1.82) is 0 Å². The summed E-state index contributed by atoms with van der Waals surface area (Å²) in [6.07, 6.45) is 7.58. The number of hydrogen-bond donors (Lipinski definition) is 2. The Bertz CT molecular complexity index is 1840. The number of hydrogen-bond acceptors (Lipinski definition) is 7. The van der Waals surface area contributed by atoms with E-state index in [9.17, 15) is 4.79 Å². The summed E-state index contributed by atoms with van der Waals surface area (Å²) in [6.45, 7) is 2.23. The molecule has 0 bridgehead atoms. The van der Waals surface area contributed by atoms with Crippen LogP contribution in [0.1, 0.15) is 29.6 Å². The molecule has 3 aromatic heterocycles. The number of fused-ring (bicyclic) bond motifs is 1. The molecule has 208 valence electrons. The Morgan fingerprint density at radius 1 is 0.833 bits per heavy atom. The second-order valence-electron chi connectivity index (χ2n) is 10.3. The van der Waals surface area contributed by atoms with Crippen LogP contribution in [-0.4, -0.2) is 38.3 Å². The molecule has 42 heavy (non-hydrogen) atoms. The molecule has 1 fully saturated rings. The Balaban J connectivity index is 1.17. The lowest BCUT2D eigenvalue weighted by Gasteiger charge is -2.28. The molecule has 1 saturated heterocycles. The van der Waals surface area contributed by atoms with Gasteiger partial charge in [-0.05, 0) is 73.9 Å². The van der Waals surface area contributed by atoms with Crippen molar-refractivity contribution in [2.45, 2.75) is 19.3 Å². The number of rotatable bonds is 7. The summed E-state index contributed by atoms with van der Waals surface area (Å²) in [6, 6.07) is 27.3. The number of thiazole rings is 1. The summed E-state index contributed by atoms with van der Waals surface area (Å²) in [5, 5.41) is 8.39. The molecule has 3 aromatic carbocycles. The number of benzene rings is 3. The lowest BCUT2D eigenvalue weighted by atomic mass is 10.1. The van der Waals surface area contributed by atoms with Crippen molar-refractivity contribution >= 4 is 45.2 Å². The largest absolute Gasteiger partial charge is 0.372 e. The van der Waals surface area contributed by atoms with Crippen LogP contribution in [0.25, 0.3) is 27.6 Å². The summed E-state index contributed by atoms with van der Waals surface area (Å²) in [5.74, 6) is 0.354. The fraction of sp³-hybridized carbons (Fsp3) is 0.152. The average molecular weight is 572 g/mol. The third-order valence-electron chi connectivity index (χ3n) is 7.43. The van der Waals surface area contributed by atoms with Crippen molar-refractivity contribution in [1.82, 2.24) is 19.4 Å². The normalized spacial score (nSPS) is 13.3. The van der Waals surface area contributed by atoms with E-state index < -0.39 is 0 Å². The summed E-state index contributed by atoms with van der Waals surface area (Å²) < 4.78 is 2.05. The number of aromatic nitrogens is 4. The van der Waals surface area contributed by atoms with Crippen LogP contribution in [0.3, 0.4) is 0 Å². The first-order valence-electron chi connectivity index (χ1n) is 14.1. The molecule has 2 N–H and O–H groups in total. The monoisotopic (exact) mass is 571 g/mol. The van der Waals surface area contributed by atoms with E-state index in [0.717, 1.165) is 46.4 Å². The highest BCUT2D eigenvalue weighted by molar-refractivity contribution is 7.15. The van der Waals surface area contributed by atoms with Crippen molar-refractivity contribution in [3.8, 4) is 22.6 Å². The first-order chi connectivity index (χ1) is 20.7. The standard InChI is InChI=1S/C33H29N7OS/c41-31(23-8-3-1-4-9-23)35-26-11-7-10-24(22-26)29-30(40-20-21-42-33(40)38-29)28-16-17-34-32(37-28)36-25-12-14-27(15-13-25)39-18-5-2-6-19-39/h1,3-4,7-17,20-22H,2,5-6,18-19H2,(H,35,41)(H,34,36,37). The SMILES string of the molecule is O=C(Nc1cccc(-c2nc3sccn3c2-c2ccnc(Nc3ccc(N4CCCCC4)cc3)n2)c1)c1ccccc1. The Morgan fingerprint density at radius 3 is 2.50 bits per heavy atom. The van der Waals surface area contributed by atoms with Gasteiger partial charge in [0.05, 0.1) is 11.4 Å². The maximum Gasteiger partial charge on any atom is 0.255 e. The third kappa shape index (κ3) is 5.34. The number of nitrogens with zero attached hydrogens (tertiary/aromatic N) is 5. The molecule has 6 aromatic rings. The third-order valence-corrected chi connectivity index (χ3v) is 8.19. The number of piperidine rings is 1. The van der Waals surface area contributed by atoms with Crippen LogP contribution in [-0.2, 0) is 0 Å². The summed E-state index contributed by atoms with van der Waals surface area (Å²) in [5.41, 5.74) is 6.77. The van der Waals surface area contributed by atoms with Crippen molar-refractivity contribution in [2.75, 3.05) is 28.6 Å². The van der Waals surface area contributed by atoms with Crippen LogP contribution in [0, 0.1) is 0 Å². The van der Waals surface area contributed by atoms with Gasteiger partial charge in [-0.2, -0.15) is 0 Å². The van der Waals surface area contributed by atoms with Gasteiger partial charge >= 0.3 is 0 Å². The quantitative estimate of drug-likeness (QED) is 0.206. The Morgan fingerprint density at radius 2 is 1.67 bits per heavy atom. The minimum atomic E-state index is -0.158. The first kappa shape index (κ1) is 25.9. The van der Waals surface area contributed by atoms with Gasteiger partial charge in [0.2, 0.25) is 5.95 Å². The second-order valence-corrected chi connectivity index (χ2v) is 11.1.